The lowest BCUT2D eigenvalue weighted by atomic mass is 9.95. The summed E-state index contributed by atoms with van der Waals surface area (Å²) in [4.78, 5) is 24.2. The average Bonchev–Trinajstić information content (AvgIpc) is 2.41. The molecule has 1 N–H and O–H groups in total. The number of rotatable bonds is 5. The van der Waals surface area contributed by atoms with E-state index < -0.39 is 29.9 Å². The molecule has 114 valence electrons. The highest BCUT2D eigenvalue weighted by atomic mass is 19.1. The number of halogens is 1. The van der Waals surface area contributed by atoms with Crippen molar-refractivity contribution in [2.24, 2.45) is 0 Å². The maximum absolute atomic E-state index is 13.8. The SMILES string of the molecule is COc1cccc(F)c1C(=O)N1CC(C)(OCC(=O)O)C1. The summed E-state index contributed by atoms with van der Waals surface area (Å²) in [7, 11) is 1.36. The van der Waals surface area contributed by atoms with E-state index in [9.17, 15) is 14.0 Å². The Balaban J connectivity index is 2.06. The van der Waals surface area contributed by atoms with Gasteiger partial charge in [-0.05, 0) is 19.1 Å². The molecule has 0 unspecified atom stereocenters. The number of benzene rings is 1. The standard InChI is InChI=1S/C14H16FNO5/c1-14(21-6-11(17)18)7-16(8-14)13(19)12-9(15)4-3-5-10(12)20-2/h3-5H,6-8H2,1-2H3,(H,17,18). The number of hydrogen-bond acceptors (Lipinski definition) is 4. The van der Waals surface area contributed by atoms with E-state index in [1.54, 1.807) is 6.92 Å². The van der Waals surface area contributed by atoms with Crippen molar-refractivity contribution >= 4 is 11.9 Å². The number of likely N-dealkylation sites (tertiary alicyclic amines) is 1. The second-order valence-electron chi connectivity index (χ2n) is 5.11. The Hall–Kier alpha value is -2.15. The lowest BCUT2D eigenvalue weighted by Gasteiger charge is -2.47. The summed E-state index contributed by atoms with van der Waals surface area (Å²) >= 11 is 0. The second kappa shape index (κ2) is 5.69. The van der Waals surface area contributed by atoms with Crippen LogP contribution < -0.4 is 4.74 Å². The molecule has 0 saturated carbocycles. The van der Waals surface area contributed by atoms with Crippen LogP contribution in [0.2, 0.25) is 0 Å². The Kier molecular flexibility index (Phi) is 4.13. The molecule has 0 aliphatic carbocycles. The first-order valence-electron chi connectivity index (χ1n) is 6.34. The third-order valence-electron chi connectivity index (χ3n) is 3.29. The molecule has 0 radical (unpaired) electrons. The Morgan fingerprint density at radius 3 is 2.67 bits per heavy atom. The van der Waals surface area contributed by atoms with Crippen molar-refractivity contribution in [1.82, 2.24) is 4.90 Å². The van der Waals surface area contributed by atoms with Crippen LogP contribution in [0.25, 0.3) is 0 Å². The minimum atomic E-state index is -1.07. The molecule has 1 aromatic rings. The monoisotopic (exact) mass is 297 g/mol. The number of carbonyl (C=O) groups is 2. The van der Waals surface area contributed by atoms with Gasteiger partial charge in [0.2, 0.25) is 0 Å². The molecule has 2 rings (SSSR count). The number of carboxylic acid groups (broad SMARTS) is 1. The molecular formula is C14H16FNO5. The first-order chi connectivity index (χ1) is 9.86. The minimum absolute atomic E-state index is 0.125. The number of aliphatic carboxylic acids is 1. The molecule has 21 heavy (non-hydrogen) atoms. The van der Waals surface area contributed by atoms with E-state index in [2.05, 4.69) is 0 Å². The van der Waals surface area contributed by atoms with Crippen molar-refractivity contribution in [3.8, 4) is 5.75 Å². The molecule has 0 atom stereocenters. The average molecular weight is 297 g/mol. The van der Waals surface area contributed by atoms with Crippen LogP contribution in [0.1, 0.15) is 17.3 Å². The quantitative estimate of drug-likeness (QED) is 0.882. The highest BCUT2D eigenvalue weighted by Gasteiger charge is 2.44. The van der Waals surface area contributed by atoms with Gasteiger partial charge in [0, 0.05) is 0 Å². The van der Waals surface area contributed by atoms with Gasteiger partial charge in [0.1, 0.15) is 29.3 Å². The number of carbonyl (C=O) groups excluding carboxylic acids is 1. The van der Waals surface area contributed by atoms with Gasteiger partial charge in [0.05, 0.1) is 20.2 Å². The van der Waals surface area contributed by atoms with Gasteiger partial charge < -0.3 is 19.5 Å². The lowest BCUT2D eigenvalue weighted by molar-refractivity contribution is -0.159. The summed E-state index contributed by atoms with van der Waals surface area (Å²) in [6, 6.07) is 4.16. The van der Waals surface area contributed by atoms with Crippen LogP contribution in [-0.2, 0) is 9.53 Å². The van der Waals surface area contributed by atoms with Gasteiger partial charge in [-0.15, -0.1) is 0 Å². The molecule has 0 aromatic heterocycles. The molecule has 1 amide bonds. The predicted molar refractivity (Wildman–Crippen MR) is 70.8 cm³/mol. The van der Waals surface area contributed by atoms with Crippen LogP contribution >= 0.6 is 0 Å². The zero-order valence-electron chi connectivity index (χ0n) is 11.8. The summed E-state index contributed by atoms with van der Waals surface area (Å²) < 4.78 is 24.0. The van der Waals surface area contributed by atoms with Gasteiger partial charge in [0.25, 0.3) is 5.91 Å². The molecule has 1 saturated heterocycles. The number of nitrogens with zero attached hydrogens (tertiary/aromatic N) is 1. The Morgan fingerprint density at radius 1 is 1.43 bits per heavy atom. The first-order valence-corrected chi connectivity index (χ1v) is 6.34. The topological polar surface area (TPSA) is 76.1 Å². The second-order valence-corrected chi connectivity index (χ2v) is 5.11. The molecule has 0 spiro atoms. The molecule has 7 heteroatoms. The zero-order valence-corrected chi connectivity index (χ0v) is 11.8. The Labute approximate surface area is 121 Å². The van der Waals surface area contributed by atoms with Crippen LogP contribution in [0, 0.1) is 5.82 Å². The predicted octanol–water partition coefficient (Wildman–Crippen LogP) is 1.15. The maximum atomic E-state index is 13.8. The van der Waals surface area contributed by atoms with Crippen LogP contribution in [0.4, 0.5) is 4.39 Å². The van der Waals surface area contributed by atoms with Gasteiger partial charge >= 0.3 is 5.97 Å². The lowest BCUT2D eigenvalue weighted by Crippen LogP contribution is -2.63. The van der Waals surface area contributed by atoms with Gasteiger partial charge in [-0.3, -0.25) is 4.79 Å². The number of methoxy groups -OCH3 is 1. The van der Waals surface area contributed by atoms with Crippen LogP contribution in [0.5, 0.6) is 5.75 Å². The highest BCUT2D eigenvalue weighted by molar-refractivity contribution is 5.97. The van der Waals surface area contributed by atoms with Gasteiger partial charge in [0.15, 0.2) is 0 Å². The van der Waals surface area contributed by atoms with Crippen LogP contribution in [-0.4, -0.2) is 54.3 Å². The van der Waals surface area contributed by atoms with Crippen molar-refractivity contribution in [3.05, 3.63) is 29.6 Å². The molecule has 1 fully saturated rings. The molecule has 6 nitrogen and oxygen atoms in total. The Morgan fingerprint density at radius 2 is 2.10 bits per heavy atom. The van der Waals surface area contributed by atoms with Crippen molar-refractivity contribution < 1.29 is 28.6 Å². The normalized spacial score (nSPS) is 16.2. The fourth-order valence-corrected chi connectivity index (χ4v) is 2.27. The third-order valence-corrected chi connectivity index (χ3v) is 3.29. The summed E-state index contributed by atoms with van der Waals surface area (Å²) in [5, 5.41) is 8.58. The smallest absolute Gasteiger partial charge is 0.329 e. The fourth-order valence-electron chi connectivity index (χ4n) is 2.27. The molecule has 0 bridgehead atoms. The van der Waals surface area contributed by atoms with E-state index in [1.165, 1.54) is 30.2 Å². The summed E-state index contributed by atoms with van der Waals surface area (Å²) in [6.45, 7) is 1.69. The largest absolute Gasteiger partial charge is 0.496 e. The molecule has 1 aromatic carbocycles. The van der Waals surface area contributed by atoms with Crippen molar-refractivity contribution in [3.63, 3.8) is 0 Å². The van der Waals surface area contributed by atoms with Crippen molar-refractivity contribution in [1.29, 1.82) is 0 Å². The summed E-state index contributed by atoms with van der Waals surface area (Å²) in [5.41, 5.74) is -0.840. The number of ether oxygens (including phenoxy) is 2. The third kappa shape index (κ3) is 3.13. The van der Waals surface area contributed by atoms with Gasteiger partial charge in [-0.2, -0.15) is 0 Å². The highest BCUT2D eigenvalue weighted by Crippen LogP contribution is 2.30. The molecule has 1 heterocycles. The van der Waals surface area contributed by atoms with E-state index in [4.69, 9.17) is 14.6 Å². The van der Waals surface area contributed by atoms with Crippen molar-refractivity contribution in [2.45, 2.75) is 12.5 Å². The summed E-state index contributed by atoms with van der Waals surface area (Å²) in [5.74, 6) is -2.06. The van der Waals surface area contributed by atoms with Gasteiger partial charge in [-0.25, -0.2) is 9.18 Å². The van der Waals surface area contributed by atoms with E-state index in [0.29, 0.717) is 0 Å². The summed E-state index contributed by atoms with van der Waals surface area (Å²) in [6.07, 6.45) is 0. The maximum Gasteiger partial charge on any atom is 0.329 e. The van der Waals surface area contributed by atoms with Crippen LogP contribution in [0.15, 0.2) is 18.2 Å². The molecular weight excluding hydrogens is 281 g/mol. The van der Waals surface area contributed by atoms with Crippen LogP contribution in [0.3, 0.4) is 0 Å². The molecule has 1 aliphatic rings. The van der Waals surface area contributed by atoms with E-state index in [-0.39, 0.29) is 24.4 Å². The van der Waals surface area contributed by atoms with E-state index >= 15 is 0 Å². The molecule has 1 aliphatic heterocycles. The number of hydrogen-bond donors (Lipinski definition) is 1. The Bertz CT molecular complexity index is 568. The zero-order chi connectivity index (χ0) is 15.6. The fraction of sp³-hybridized carbons (Fsp3) is 0.429. The first kappa shape index (κ1) is 15.2. The van der Waals surface area contributed by atoms with E-state index in [1.807, 2.05) is 0 Å². The van der Waals surface area contributed by atoms with E-state index in [0.717, 1.165) is 0 Å². The van der Waals surface area contributed by atoms with Crippen molar-refractivity contribution in [2.75, 3.05) is 26.8 Å². The number of amides is 1. The number of carboxylic acids is 1. The minimum Gasteiger partial charge on any atom is -0.496 e. The van der Waals surface area contributed by atoms with Gasteiger partial charge in [-0.1, -0.05) is 6.07 Å².